The Bertz CT molecular complexity index is 881. The average molecular weight is 390 g/mol. The summed E-state index contributed by atoms with van der Waals surface area (Å²) in [4.78, 5) is 31.5. The van der Waals surface area contributed by atoms with Crippen LogP contribution in [-0.4, -0.2) is 45.4 Å². The lowest BCUT2D eigenvalue weighted by atomic mass is 10.3. The zero-order chi connectivity index (χ0) is 18.7. The number of allylic oxidation sites excluding steroid dienone is 1. The van der Waals surface area contributed by atoms with Crippen LogP contribution < -0.4 is 4.74 Å². The van der Waals surface area contributed by atoms with Crippen LogP contribution in [-0.2, 0) is 14.3 Å². The summed E-state index contributed by atoms with van der Waals surface area (Å²) in [5.74, 6) is 0.212. The summed E-state index contributed by atoms with van der Waals surface area (Å²) in [7, 11) is 1.31. The van der Waals surface area contributed by atoms with Gasteiger partial charge in [-0.25, -0.2) is 4.79 Å². The molecule has 0 radical (unpaired) electrons. The Morgan fingerprint density at radius 1 is 1.23 bits per heavy atom. The first kappa shape index (κ1) is 18.5. The van der Waals surface area contributed by atoms with E-state index >= 15 is 0 Å². The fourth-order valence-electron chi connectivity index (χ4n) is 2.39. The van der Waals surface area contributed by atoms with Crippen molar-refractivity contribution in [2.75, 3.05) is 13.2 Å². The molecule has 136 valence electrons. The number of aliphatic imine (C=N–C) groups is 1. The maximum atomic E-state index is 12.6. The minimum absolute atomic E-state index is 0.177. The summed E-state index contributed by atoms with van der Waals surface area (Å²) in [5, 5.41) is 0. The van der Waals surface area contributed by atoms with Crippen LogP contribution in [0.2, 0.25) is 0 Å². The molecule has 0 saturated heterocycles. The fraction of sp³-hybridized carbons (Fsp3) is 0.278. The van der Waals surface area contributed by atoms with Crippen LogP contribution in [0, 0.1) is 0 Å². The van der Waals surface area contributed by atoms with E-state index in [0.29, 0.717) is 28.7 Å². The minimum atomic E-state index is -0.394. The van der Waals surface area contributed by atoms with Gasteiger partial charge in [-0.1, -0.05) is 11.8 Å². The second kappa shape index (κ2) is 7.92. The standard InChI is InChI=1S/C18H18N2O4S2/c1-4-23-13-8-6-12(7-9-13)19-10-14-16(21)20-11(3)15(17(22)24-5-2)26-18(20)25-14/h6-10H,4-5H2,1-3H3. The summed E-state index contributed by atoms with van der Waals surface area (Å²) < 4.78 is 11.2. The van der Waals surface area contributed by atoms with Crippen LogP contribution >= 0.6 is 22.7 Å². The summed E-state index contributed by atoms with van der Waals surface area (Å²) in [6.45, 7) is 6.34. The van der Waals surface area contributed by atoms with Gasteiger partial charge in [0, 0.05) is 5.70 Å². The molecule has 1 aromatic carbocycles. The van der Waals surface area contributed by atoms with Crippen LogP contribution in [0.1, 0.15) is 20.8 Å². The molecule has 0 aliphatic carbocycles. The van der Waals surface area contributed by atoms with E-state index in [4.69, 9.17) is 9.47 Å². The molecule has 2 aliphatic rings. The van der Waals surface area contributed by atoms with Crippen LogP contribution in [0.5, 0.6) is 5.75 Å². The largest absolute Gasteiger partial charge is 0.494 e. The Morgan fingerprint density at radius 2 is 1.96 bits per heavy atom. The van der Waals surface area contributed by atoms with Gasteiger partial charge < -0.3 is 9.47 Å². The number of thioether (sulfide) groups is 1. The molecule has 1 amide bonds. The van der Waals surface area contributed by atoms with E-state index in [1.165, 1.54) is 22.7 Å². The van der Waals surface area contributed by atoms with Crippen molar-refractivity contribution in [3.8, 4) is 5.75 Å². The van der Waals surface area contributed by atoms with Gasteiger partial charge in [-0.05, 0) is 45.0 Å². The number of esters is 1. The van der Waals surface area contributed by atoms with Gasteiger partial charge in [-0.15, -0.1) is 10.9 Å². The molecule has 0 spiro atoms. The molecule has 0 saturated carbocycles. The van der Waals surface area contributed by atoms with Crippen LogP contribution in [0.3, 0.4) is 0 Å². The SMILES string of the molecule is CCOC(=O)C1=C(C)N2C(=O)C(C=Nc3ccc(OCC)cc3)=S=C2S1. The Hall–Kier alpha value is -2.32. The lowest BCUT2D eigenvalue weighted by Crippen LogP contribution is -2.31. The van der Waals surface area contributed by atoms with E-state index in [9.17, 15) is 9.59 Å². The number of rotatable bonds is 6. The van der Waals surface area contributed by atoms with Gasteiger partial charge in [0.25, 0.3) is 5.91 Å². The van der Waals surface area contributed by atoms with Crippen molar-refractivity contribution in [3.05, 3.63) is 34.9 Å². The highest BCUT2D eigenvalue weighted by atomic mass is 32.2. The first-order chi connectivity index (χ1) is 12.5. The number of hydrogen-bond acceptors (Lipinski definition) is 6. The monoisotopic (exact) mass is 390 g/mol. The van der Waals surface area contributed by atoms with Gasteiger partial charge in [0.15, 0.2) is 0 Å². The van der Waals surface area contributed by atoms with Gasteiger partial charge >= 0.3 is 5.97 Å². The molecular weight excluding hydrogens is 372 g/mol. The molecule has 26 heavy (non-hydrogen) atoms. The molecule has 8 heteroatoms. The third kappa shape index (κ3) is 3.61. The van der Waals surface area contributed by atoms with Crippen molar-refractivity contribution in [2.24, 2.45) is 4.99 Å². The van der Waals surface area contributed by atoms with Crippen molar-refractivity contribution in [3.63, 3.8) is 0 Å². The predicted molar refractivity (Wildman–Crippen MR) is 107 cm³/mol. The van der Waals surface area contributed by atoms with E-state index in [0.717, 1.165) is 15.8 Å². The zero-order valence-corrected chi connectivity index (χ0v) is 16.3. The van der Waals surface area contributed by atoms with Crippen molar-refractivity contribution >= 4 is 55.7 Å². The molecule has 1 aromatic rings. The Morgan fingerprint density at radius 3 is 2.58 bits per heavy atom. The highest BCUT2D eigenvalue weighted by molar-refractivity contribution is 8.30. The first-order valence-electron chi connectivity index (χ1n) is 8.14. The zero-order valence-electron chi connectivity index (χ0n) is 14.6. The molecule has 0 bridgehead atoms. The van der Waals surface area contributed by atoms with E-state index < -0.39 is 5.97 Å². The van der Waals surface area contributed by atoms with Gasteiger partial charge in [0.2, 0.25) is 0 Å². The quantitative estimate of drug-likeness (QED) is 0.424. The summed E-state index contributed by atoms with van der Waals surface area (Å²) in [5.41, 5.74) is 1.34. The molecule has 0 atom stereocenters. The molecular formula is C18H18N2O4S2. The van der Waals surface area contributed by atoms with Crippen LogP contribution in [0.25, 0.3) is 0 Å². The number of amides is 1. The average Bonchev–Trinajstić information content (AvgIpc) is 3.12. The molecule has 3 rings (SSSR count). The second-order valence-corrected chi connectivity index (χ2v) is 7.58. The smallest absolute Gasteiger partial charge is 0.346 e. The maximum absolute atomic E-state index is 12.6. The highest BCUT2D eigenvalue weighted by Crippen LogP contribution is 2.38. The molecule has 2 heterocycles. The number of benzene rings is 1. The summed E-state index contributed by atoms with van der Waals surface area (Å²) in [6, 6.07) is 7.34. The number of nitrogens with zero attached hydrogens (tertiary/aromatic N) is 2. The second-order valence-electron chi connectivity index (χ2n) is 5.29. The number of hydrogen-bond donors (Lipinski definition) is 0. The number of ether oxygens (including phenoxy) is 2. The van der Waals surface area contributed by atoms with Gasteiger partial charge in [-0.3, -0.25) is 14.7 Å². The normalized spacial score (nSPS) is 16.4. The topological polar surface area (TPSA) is 68.2 Å². The molecule has 0 unspecified atom stereocenters. The maximum Gasteiger partial charge on any atom is 0.346 e. The minimum Gasteiger partial charge on any atom is -0.494 e. The predicted octanol–water partition coefficient (Wildman–Crippen LogP) is 3.16. The Balaban J connectivity index is 1.76. The number of fused-ring (bicyclic) bond motifs is 1. The van der Waals surface area contributed by atoms with Crippen molar-refractivity contribution in [1.82, 2.24) is 4.90 Å². The van der Waals surface area contributed by atoms with E-state index in [-0.39, 0.29) is 5.91 Å². The number of carbonyl (C=O) groups excluding carboxylic acids is 2. The van der Waals surface area contributed by atoms with E-state index in [1.54, 1.807) is 25.0 Å². The molecule has 0 fully saturated rings. The van der Waals surface area contributed by atoms with Gasteiger partial charge in [-0.2, -0.15) is 0 Å². The third-order valence-electron chi connectivity index (χ3n) is 3.59. The highest BCUT2D eigenvalue weighted by Gasteiger charge is 2.38. The van der Waals surface area contributed by atoms with Crippen LogP contribution in [0.4, 0.5) is 5.69 Å². The Kier molecular flexibility index (Phi) is 5.63. The van der Waals surface area contributed by atoms with Gasteiger partial charge in [0.05, 0.1) is 25.1 Å². The lowest BCUT2D eigenvalue weighted by Gasteiger charge is -2.12. The summed E-state index contributed by atoms with van der Waals surface area (Å²) >= 11 is 1.26. The molecule has 6 nitrogen and oxygen atoms in total. The van der Waals surface area contributed by atoms with Crippen molar-refractivity contribution in [1.29, 1.82) is 0 Å². The Labute approximate surface area is 159 Å². The van der Waals surface area contributed by atoms with Gasteiger partial charge in [0.1, 0.15) is 19.8 Å². The molecule has 0 aromatic heterocycles. The van der Waals surface area contributed by atoms with Crippen molar-refractivity contribution in [2.45, 2.75) is 20.8 Å². The molecule has 0 N–H and O–H groups in total. The summed E-state index contributed by atoms with van der Waals surface area (Å²) in [6.07, 6.45) is 1.56. The number of carbonyl (C=O) groups is 2. The fourth-order valence-corrected chi connectivity index (χ4v) is 4.73. The van der Waals surface area contributed by atoms with Crippen LogP contribution in [0.15, 0.2) is 39.9 Å². The van der Waals surface area contributed by atoms with E-state index in [2.05, 4.69) is 4.99 Å². The lowest BCUT2D eigenvalue weighted by molar-refractivity contribution is -0.137. The third-order valence-corrected chi connectivity index (χ3v) is 5.97. The van der Waals surface area contributed by atoms with Crippen molar-refractivity contribution < 1.29 is 19.1 Å². The van der Waals surface area contributed by atoms with E-state index in [1.807, 2.05) is 31.2 Å². The molecule has 2 aliphatic heterocycles. The first-order valence-corrected chi connectivity index (χ1v) is 9.77.